The number of methoxy groups -OCH3 is 1. The van der Waals surface area contributed by atoms with Crippen LogP contribution in [-0.4, -0.2) is 18.4 Å². The molecule has 0 aromatic carbocycles. The number of hydrogen-bond donors (Lipinski definition) is 0. The fourth-order valence-corrected chi connectivity index (χ4v) is 0.595. The van der Waals surface area contributed by atoms with Crippen LogP contribution >= 0.6 is 0 Å². The van der Waals surface area contributed by atoms with Crippen LogP contribution in [0.15, 0.2) is 18.2 Å². The summed E-state index contributed by atoms with van der Waals surface area (Å²) in [5.74, 6) is 0.529. The van der Waals surface area contributed by atoms with Crippen LogP contribution in [0.4, 0.5) is 0 Å². The Morgan fingerprint density at radius 1 is 1.64 bits per heavy atom. The molecule has 3 nitrogen and oxygen atoms in total. The minimum absolute atomic E-state index is 0.265. The van der Waals surface area contributed by atoms with Gasteiger partial charge >= 0.3 is 0 Å². The summed E-state index contributed by atoms with van der Waals surface area (Å²) in [5.41, 5.74) is 0. The Morgan fingerprint density at radius 2 is 2.45 bits per heavy atom. The first-order valence-electron chi connectivity index (χ1n) is 3.35. The van der Waals surface area contributed by atoms with Gasteiger partial charge in [0.1, 0.15) is 0 Å². The van der Waals surface area contributed by atoms with Crippen LogP contribution in [0.3, 0.4) is 0 Å². The molecule has 0 N–H and O–H groups in total. The van der Waals surface area contributed by atoms with Gasteiger partial charge in [-0.3, -0.25) is 0 Å². The Kier molecular flexibility index (Phi) is 2.86. The highest BCUT2D eigenvalue weighted by molar-refractivity contribution is 5.08. The largest absolute Gasteiger partial charge is 0.448 e. The van der Waals surface area contributed by atoms with Crippen molar-refractivity contribution in [2.45, 2.75) is 13.2 Å². The fourth-order valence-electron chi connectivity index (χ4n) is 0.595. The lowest BCUT2D eigenvalue weighted by molar-refractivity contribution is -0.0410. The van der Waals surface area contributed by atoms with E-state index in [0.717, 1.165) is 0 Å². The van der Waals surface area contributed by atoms with Crippen LogP contribution in [-0.2, 0) is 4.74 Å². The molecule has 3 heteroatoms. The Bertz CT molecular complexity index is 201. The molecule has 0 saturated carbocycles. The van der Waals surface area contributed by atoms with Gasteiger partial charge in [-0.25, -0.2) is 4.98 Å². The van der Waals surface area contributed by atoms with Gasteiger partial charge in [-0.15, -0.1) is 0 Å². The maximum atomic E-state index is 5.20. The second-order valence-corrected chi connectivity index (χ2v) is 2.03. The van der Waals surface area contributed by atoms with Crippen molar-refractivity contribution in [1.29, 1.82) is 0 Å². The molecular formula is C8H10NO2. The molecule has 1 rings (SSSR count). The molecule has 0 aliphatic heterocycles. The van der Waals surface area contributed by atoms with Crippen LogP contribution in [0.2, 0.25) is 0 Å². The van der Waals surface area contributed by atoms with Gasteiger partial charge in [-0.05, 0) is 13.0 Å². The van der Waals surface area contributed by atoms with E-state index in [0.29, 0.717) is 5.88 Å². The number of hydrogen-bond acceptors (Lipinski definition) is 3. The van der Waals surface area contributed by atoms with Gasteiger partial charge in [0, 0.05) is 13.2 Å². The first kappa shape index (κ1) is 8.01. The average Bonchev–Trinajstić information content (AvgIpc) is 2.06. The van der Waals surface area contributed by atoms with Crippen molar-refractivity contribution in [3.05, 3.63) is 24.4 Å². The van der Waals surface area contributed by atoms with E-state index in [1.165, 1.54) is 0 Å². The molecule has 1 heterocycles. The lowest BCUT2D eigenvalue weighted by Gasteiger charge is -2.10. The minimum Gasteiger partial charge on any atom is -0.448 e. The van der Waals surface area contributed by atoms with E-state index in [2.05, 4.69) is 11.2 Å². The zero-order valence-corrected chi connectivity index (χ0v) is 6.57. The van der Waals surface area contributed by atoms with Crippen LogP contribution < -0.4 is 4.74 Å². The van der Waals surface area contributed by atoms with Gasteiger partial charge < -0.3 is 9.47 Å². The minimum atomic E-state index is -0.265. The van der Waals surface area contributed by atoms with E-state index in [1.807, 2.05) is 6.07 Å². The predicted octanol–water partition coefficient (Wildman–Crippen LogP) is 1.25. The Hall–Kier alpha value is -1.09. The highest BCUT2D eigenvalue weighted by Gasteiger charge is 1.99. The van der Waals surface area contributed by atoms with Crippen molar-refractivity contribution < 1.29 is 9.47 Å². The van der Waals surface area contributed by atoms with E-state index in [-0.39, 0.29) is 6.29 Å². The van der Waals surface area contributed by atoms with Crippen molar-refractivity contribution >= 4 is 0 Å². The summed E-state index contributed by atoms with van der Waals surface area (Å²) in [5, 5.41) is 0. The smallest absolute Gasteiger partial charge is 0.216 e. The SMILES string of the molecule is COC(C)Oc1ccc[c]n1. The van der Waals surface area contributed by atoms with Gasteiger partial charge in [0.05, 0.1) is 6.20 Å². The van der Waals surface area contributed by atoms with Gasteiger partial charge in [0.2, 0.25) is 5.88 Å². The van der Waals surface area contributed by atoms with E-state index < -0.39 is 0 Å². The third-order valence-corrected chi connectivity index (χ3v) is 1.20. The predicted molar refractivity (Wildman–Crippen MR) is 40.2 cm³/mol. The molecule has 1 aromatic rings. The Balaban J connectivity index is 2.51. The third-order valence-electron chi connectivity index (χ3n) is 1.20. The first-order valence-corrected chi connectivity index (χ1v) is 3.35. The summed E-state index contributed by atoms with van der Waals surface area (Å²) in [6, 6.07) is 5.28. The van der Waals surface area contributed by atoms with E-state index >= 15 is 0 Å². The van der Waals surface area contributed by atoms with Crippen molar-refractivity contribution in [2.24, 2.45) is 0 Å². The van der Waals surface area contributed by atoms with E-state index in [4.69, 9.17) is 9.47 Å². The molecule has 1 unspecified atom stereocenters. The molecule has 1 atom stereocenters. The fraction of sp³-hybridized carbons (Fsp3) is 0.375. The molecule has 11 heavy (non-hydrogen) atoms. The van der Waals surface area contributed by atoms with Gasteiger partial charge in [-0.1, -0.05) is 6.07 Å². The lowest BCUT2D eigenvalue weighted by Crippen LogP contribution is -2.14. The molecule has 59 valence electrons. The van der Waals surface area contributed by atoms with Crippen molar-refractivity contribution in [1.82, 2.24) is 4.98 Å². The number of pyridine rings is 1. The highest BCUT2D eigenvalue weighted by Crippen LogP contribution is 2.05. The second kappa shape index (κ2) is 3.93. The van der Waals surface area contributed by atoms with Gasteiger partial charge in [-0.2, -0.15) is 0 Å². The molecule has 0 aliphatic carbocycles. The van der Waals surface area contributed by atoms with Gasteiger partial charge in [0.15, 0.2) is 6.29 Å². The normalized spacial score (nSPS) is 12.5. The topological polar surface area (TPSA) is 31.4 Å². The van der Waals surface area contributed by atoms with Gasteiger partial charge in [0.25, 0.3) is 0 Å². The standard InChI is InChI=1S/C8H10NO2/c1-7(10-2)11-8-5-3-4-6-9-8/h3-5,7H,1-2H3. The van der Waals surface area contributed by atoms with E-state index in [9.17, 15) is 0 Å². The molecule has 0 bridgehead atoms. The van der Waals surface area contributed by atoms with Crippen LogP contribution in [0.1, 0.15) is 6.92 Å². The number of aromatic nitrogens is 1. The molecular weight excluding hydrogens is 142 g/mol. The summed E-state index contributed by atoms with van der Waals surface area (Å²) in [7, 11) is 1.58. The summed E-state index contributed by atoms with van der Waals surface area (Å²) in [6.45, 7) is 1.80. The third kappa shape index (κ3) is 2.55. The summed E-state index contributed by atoms with van der Waals surface area (Å²) < 4.78 is 10.1. The number of nitrogens with zero attached hydrogens (tertiary/aromatic N) is 1. The summed E-state index contributed by atoms with van der Waals surface area (Å²) in [6.07, 6.45) is 2.39. The molecule has 1 aromatic heterocycles. The van der Waals surface area contributed by atoms with E-state index in [1.54, 1.807) is 26.2 Å². The quantitative estimate of drug-likeness (QED) is 0.611. The maximum Gasteiger partial charge on any atom is 0.216 e. The number of ether oxygens (including phenoxy) is 2. The molecule has 0 amide bonds. The second-order valence-electron chi connectivity index (χ2n) is 2.03. The average molecular weight is 152 g/mol. The zero-order valence-electron chi connectivity index (χ0n) is 6.57. The van der Waals surface area contributed by atoms with Crippen LogP contribution in [0.5, 0.6) is 5.88 Å². The monoisotopic (exact) mass is 152 g/mol. The zero-order chi connectivity index (χ0) is 8.10. The molecule has 0 aliphatic rings. The first-order chi connectivity index (χ1) is 5.33. The highest BCUT2D eigenvalue weighted by atomic mass is 16.7. The molecule has 0 fully saturated rings. The molecule has 0 saturated heterocycles. The van der Waals surface area contributed by atoms with Crippen LogP contribution in [0.25, 0.3) is 0 Å². The van der Waals surface area contributed by atoms with Crippen molar-refractivity contribution in [3.63, 3.8) is 0 Å². The molecule has 1 radical (unpaired) electrons. The van der Waals surface area contributed by atoms with Crippen molar-refractivity contribution in [3.8, 4) is 5.88 Å². The summed E-state index contributed by atoms with van der Waals surface area (Å²) in [4.78, 5) is 3.84. The molecule has 0 spiro atoms. The van der Waals surface area contributed by atoms with Crippen LogP contribution in [0, 0.1) is 6.20 Å². The van der Waals surface area contributed by atoms with Crippen molar-refractivity contribution in [2.75, 3.05) is 7.11 Å². The Labute approximate surface area is 66.0 Å². The Morgan fingerprint density at radius 3 is 3.00 bits per heavy atom. The summed E-state index contributed by atoms with van der Waals surface area (Å²) >= 11 is 0. The maximum absolute atomic E-state index is 5.20. The lowest BCUT2D eigenvalue weighted by atomic mass is 10.5. The number of rotatable bonds is 3.